The summed E-state index contributed by atoms with van der Waals surface area (Å²) in [5.74, 6) is -0.447. The molecule has 0 aliphatic carbocycles. The number of rotatable bonds is 6. The number of alkyl halides is 3. The fourth-order valence-electron chi connectivity index (χ4n) is 2.34. The molecule has 2 aromatic rings. The lowest BCUT2D eigenvalue weighted by Gasteiger charge is -2.20. The van der Waals surface area contributed by atoms with Crippen molar-refractivity contribution in [2.75, 3.05) is 6.61 Å². The first-order valence-electron chi connectivity index (χ1n) is 7.74. The lowest BCUT2D eigenvalue weighted by molar-refractivity contribution is -0.141. The van der Waals surface area contributed by atoms with Gasteiger partial charge in [0.1, 0.15) is 5.82 Å². The highest BCUT2D eigenvalue weighted by atomic mass is 19.4. The van der Waals surface area contributed by atoms with Gasteiger partial charge < -0.3 is 10.4 Å². The van der Waals surface area contributed by atoms with E-state index in [2.05, 4.69) is 15.4 Å². The van der Waals surface area contributed by atoms with Gasteiger partial charge in [-0.3, -0.25) is 4.68 Å². The molecule has 0 unspecified atom stereocenters. The first-order chi connectivity index (χ1) is 11.6. The minimum atomic E-state index is -4.56. The van der Waals surface area contributed by atoms with Gasteiger partial charge >= 0.3 is 6.18 Å². The molecule has 0 radical (unpaired) electrons. The highest BCUT2D eigenvalue weighted by Crippen LogP contribution is 2.31. The van der Waals surface area contributed by atoms with Crippen LogP contribution in [0.15, 0.2) is 18.2 Å². The fourth-order valence-corrected chi connectivity index (χ4v) is 2.34. The van der Waals surface area contributed by atoms with E-state index < -0.39 is 17.7 Å². The number of pyridine rings is 1. The maximum absolute atomic E-state index is 14.0. The molecule has 25 heavy (non-hydrogen) atoms. The van der Waals surface area contributed by atoms with Gasteiger partial charge in [-0.1, -0.05) is 13.8 Å². The number of nitrogens with one attached hydrogen (secondary N) is 1. The molecule has 0 saturated carbocycles. The van der Waals surface area contributed by atoms with Crippen LogP contribution in [0.3, 0.4) is 0 Å². The van der Waals surface area contributed by atoms with Crippen molar-refractivity contribution in [3.8, 4) is 11.4 Å². The van der Waals surface area contributed by atoms with Crippen LogP contribution in [0.1, 0.15) is 25.2 Å². The molecule has 1 atom stereocenters. The Bertz CT molecular complexity index is 727. The third-order valence-electron chi connectivity index (χ3n) is 3.88. The number of aliphatic hydroxyl groups excluding tert-OH is 1. The molecule has 0 bridgehead atoms. The zero-order valence-corrected chi connectivity index (χ0v) is 14.1. The first-order valence-corrected chi connectivity index (χ1v) is 7.74. The van der Waals surface area contributed by atoms with E-state index in [4.69, 9.17) is 0 Å². The summed E-state index contributed by atoms with van der Waals surface area (Å²) < 4.78 is 53.4. The van der Waals surface area contributed by atoms with E-state index in [9.17, 15) is 22.7 Å². The lowest BCUT2D eigenvalue weighted by Crippen LogP contribution is -2.37. The second-order valence-corrected chi connectivity index (χ2v) is 6.08. The van der Waals surface area contributed by atoms with Crippen molar-refractivity contribution in [2.24, 2.45) is 13.0 Å². The zero-order chi connectivity index (χ0) is 18.8. The van der Waals surface area contributed by atoms with Gasteiger partial charge in [0, 0.05) is 19.6 Å². The van der Waals surface area contributed by atoms with E-state index in [1.807, 2.05) is 13.8 Å². The summed E-state index contributed by atoms with van der Waals surface area (Å²) >= 11 is 0. The molecule has 2 aromatic heterocycles. The summed E-state index contributed by atoms with van der Waals surface area (Å²) in [4.78, 5) is 4.12. The molecule has 2 rings (SSSR count). The molecular weight excluding hydrogens is 340 g/mol. The molecule has 9 heteroatoms. The molecule has 2 N–H and O–H groups in total. The van der Waals surface area contributed by atoms with E-state index in [0.717, 1.165) is 16.8 Å². The van der Waals surface area contributed by atoms with Crippen LogP contribution in [0, 0.1) is 11.7 Å². The van der Waals surface area contributed by atoms with E-state index in [1.165, 1.54) is 13.1 Å². The number of nitrogens with zero attached hydrogens (tertiary/aromatic N) is 3. The fraction of sp³-hybridized carbons (Fsp3) is 0.500. The number of hydrogen-bond donors (Lipinski definition) is 2. The Balaban J connectivity index is 2.28. The number of hydrogen-bond acceptors (Lipinski definition) is 4. The Morgan fingerprint density at radius 3 is 2.48 bits per heavy atom. The molecule has 0 spiro atoms. The maximum Gasteiger partial charge on any atom is 0.435 e. The molecule has 0 aromatic carbocycles. The summed E-state index contributed by atoms with van der Waals surface area (Å²) in [6.07, 6.45) is -4.56. The van der Waals surface area contributed by atoms with Gasteiger partial charge in [0.05, 0.1) is 23.7 Å². The molecule has 0 amide bonds. The summed E-state index contributed by atoms with van der Waals surface area (Å²) in [6, 6.07) is 3.10. The molecular formula is C16H20F4N4O. The van der Waals surface area contributed by atoms with Gasteiger partial charge in [-0.25, -0.2) is 9.37 Å². The number of aliphatic hydroxyl groups is 1. The van der Waals surface area contributed by atoms with Crippen LogP contribution in [0.4, 0.5) is 17.6 Å². The summed E-state index contributed by atoms with van der Waals surface area (Å²) in [7, 11) is 1.37. The summed E-state index contributed by atoms with van der Waals surface area (Å²) in [5, 5.41) is 15.7. The second kappa shape index (κ2) is 7.49. The first kappa shape index (κ1) is 19.3. The SMILES string of the molecule is CC(C)[C@H](CO)NCc1nc(-c2cc(C(F)(F)F)nn2C)ccc1F. The third kappa shape index (κ3) is 4.55. The van der Waals surface area contributed by atoms with Crippen LogP contribution in [0.2, 0.25) is 0 Å². The maximum atomic E-state index is 14.0. The van der Waals surface area contributed by atoms with Crippen LogP contribution in [-0.2, 0) is 19.8 Å². The van der Waals surface area contributed by atoms with Gasteiger partial charge in [0.2, 0.25) is 0 Å². The minimum absolute atomic E-state index is 0.0487. The third-order valence-corrected chi connectivity index (χ3v) is 3.88. The van der Waals surface area contributed by atoms with Crippen molar-refractivity contribution in [1.29, 1.82) is 0 Å². The number of aromatic nitrogens is 3. The van der Waals surface area contributed by atoms with Gasteiger partial charge in [0.15, 0.2) is 5.69 Å². The van der Waals surface area contributed by atoms with Crippen LogP contribution in [0.5, 0.6) is 0 Å². The largest absolute Gasteiger partial charge is 0.435 e. The van der Waals surface area contributed by atoms with Crippen molar-refractivity contribution >= 4 is 0 Å². The van der Waals surface area contributed by atoms with Crippen molar-refractivity contribution in [1.82, 2.24) is 20.1 Å². The summed E-state index contributed by atoms with van der Waals surface area (Å²) in [5.41, 5.74) is -0.646. The van der Waals surface area contributed by atoms with Gasteiger partial charge in [-0.05, 0) is 24.1 Å². The Labute approximate surface area is 142 Å². The lowest BCUT2D eigenvalue weighted by atomic mass is 10.1. The average Bonchev–Trinajstić information content (AvgIpc) is 2.91. The topological polar surface area (TPSA) is 63.0 Å². The van der Waals surface area contributed by atoms with Crippen LogP contribution in [-0.4, -0.2) is 32.5 Å². The van der Waals surface area contributed by atoms with Crippen LogP contribution < -0.4 is 5.32 Å². The highest BCUT2D eigenvalue weighted by Gasteiger charge is 2.34. The normalized spacial score (nSPS) is 13.5. The van der Waals surface area contributed by atoms with Gasteiger partial charge in [-0.15, -0.1) is 0 Å². The predicted octanol–water partition coefficient (Wildman–Crippen LogP) is 2.75. The Hall–Kier alpha value is -2.00. The molecule has 138 valence electrons. The minimum Gasteiger partial charge on any atom is -0.395 e. The molecule has 2 heterocycles. The van der Waals surface area contributed by atoms with E-state index in [-0.39, 0.29) is 42.2 Å². The highest BCUT2D eigenvalue weighted by molar-refractivity contribution is 5.55. The smallest absolute Gasteiger partial charge is 0.395 e. The number of aryl methyl sites for hydroxylation is 1. The summed E-state index contributed by atoms with van der Waals surface area (Å²) in [6.45, 7) is 3.74. The van der Waals surface area contributed by atoms with Gasteiger partial charge in [0.25, 0.3) is 0 Å². The monoisotopic (exact) mass is 360 g/mol. The molecule has 0 fully saturated rings. The standard InChI is InChI=1S/C16H20F4N4O/c1-9(2)13(8-25)21-7-12-10(17)4-5-11(22-12)14-6-15(16(18,19)20)23-24(14)3/h4-6,9,13,21,25H,7-8H2,1-3H3/t13-/m0/s1. The predicted molar refractivity (Wildman–Crippen MR) is 84.0 cm³/mol. The quantitative estimate of drug-likeness (QED) is 0.778. The van der Waals surface area contributed by atoms with Crippen molar-refractivity contribution < 1.29 is 22.7 Å². The Morgan fingerprint density at radius 2 is 1.96 bits per heavy atom. The van der Waals surface area contributed by atoms with E-state index in [0.29, 0.717) is 0 Å². The zero-order valence-electron chi connectivity index (χ0n) is 14.1. The second-order valence-electron chi connectivity index (χ2n) is 6.08. The van der Waals surface area contributed by atoms with Crippen molar-refractivity contribution in [2.45, 2.75) is 32.6 Å². The van der Waals surface area contributed by atoms with Gasteiger partial charge in [-0.2, -0.15) is 18.3 Å². The van der Waals surface area contributed by atoms with Crippen LogP contribution >= 0.6 is 0 Å². The van der Waals surface area contributed by atoms with Crippen LogP contribution in [0.25, 0.3) is 11.4 Å². The Kier molecular flexibility index (Phi) is 5.79. The molecule has 0 aliphatic rings. The van der Waals surface area contributed by atoms with Crippen molar-refractivity contribution in [3.05, 3.63) is 35.4 Å². The molecule has 0 aliphatic heterocycles. The average molecular weight is 360 g/mol. The van der Waals surface area contributed by atoms with Crippen molar-refractivity contribution in [3.63, 3.8) is 0 Å². The molecule has 0 saturated heterocycles. The molecule has 5 nitrogen and oxygen atoms in total. The van der Waals surface area contributed by atoms with E-state index >= 15 is 0 Å². The Morgan fingerprint density at radius 1 is 1.28 bits per heavy atom. The number of halogens is 4. The van der Waals surface area contributed by atoms with E-state index in [1.54, 1.807) is 0 Å².